The summed E-state index contributed by atoms with van der Waals surface area (Å²) in [7, 11) is 0. The van der Waals surface area contributed by atoms with Crippen molar-refractivity contribution in [2.75, 3.05) is 11.9 Å². The van der Waals surface area contributed by atoms with Crippen LogP contribution in [0.25, 0.3) is 0 Å². The molecule has 0 saturated carbocycles. The van der Waals surface area contributed by atoms with Gasteiger partial charge < -0.3 is 9.15 Å². The standard InChI is InChI=1S/C18H18N2O7/c1-5-26-18(23)15-14(10(3)21)11(4)27-17(15)19-16(22)12-6-7-13(20(24)25)9(2)8-12/h6-8H,5H2,1-4H3,(H,19,22). The smallest absolute Gasteiger partial charge is 0.344 e. The molecule has 0 radical (unpaired) electrons. The van der Waals surface area contributed by atoms with Crippen molar-refractivity contribution < 1.29 is 28.5 Å². The quantitative estimate of drug-likeness (QED) is 0.355. The number of hydrogen-bond donors (Lipinski definition) is 1. The SMILES string of the molecule is CCOC(=O)c1c(NC(=O)c2ccc([N+](=O)[O-])c(C)c2)oc(C)c1C(C)=O. The number of nitro benzene ring substituents is 1. The Balaban J connectivity index is 2.42. The molecule has 142 valence electrons. The normalized spacial score (nSPS) is 10.4. The van der Waals surface area contributed by atoms with Crippen molar-refractivity contribution >= 4 is 29.2 Å². The molecule has 1 aromatic carbocycles. The zero-order valence-electron chi connectivity index (χ0n) is 15.2. The molecule has 0 bridgehead atoms. The molecule has 0 spiro atoms. The van der Waals surface area contributed by atoms with Gasteiger partial charge in [0.1, 0.15) is 11.3 Å². The first-order chi connectivity index (χ1) is 12.7. The lowest BCUT2D eigenvalue weighted by Crippen LogP contribution is -2.16. The maximum absolute atomic E-state index is 12.5. The summed E-state index contributed by atoms with van der Waals surface area (Å²) in [5.41, 5.74) is 0.189. The fourth-order valence-corrected chi connectivity index (χ4v) is 2.63. The van der Waals surface area contributed by atoms with Gasteiger partial charge in [0, 0.05) is 17.2 Å². The first-order valence-corrected chi connectivity index (χ1v) is 8.05. The fraction of sp³-hybridized carbons (Fsp3) is 0.278. The molecule has 1 amide bonds. The lowest BCUT2D eigenvalue weighted by atomic mass is 10.1. The Morgan fingerprint density at radius 3 is 2.41 bits per heavy atom. The number of anilines is 1. The number of carbonyl (C=O) groups excluding carboxylic acids is 3. The number of aryl methyl sites for hydroxylation is 2. The van der Waals surface area contributed by atoms with Crippen molar-refractivity contribution in [3.8, 4) is 0 Å². The highest BCUT2D eigenvalue weighted by molar-refractivity contribution is 6.12. The van der Waals surface area contributed by atoms with Gasteiger partial charge in [0.25, 0.3) is 11.6 Å². The molecule has 9 heteroatoms. The number of carbonyl (C=O) groups is 3. The lowest BCUT2D eigenvalue weighted by molar-refractivity contribution is -0.385. The molecule has 2 aromatic rings. The van der Waals surface area contributed by atoms with E-state index in [-0.39, 0.29) is 40.6 Å². The van der Waals surface area contributed by atoms with Crippen LogP contribution in [0.3, 0.4) is 0 Å². The topological polar surface area (TPSA) is 129 Å². The number of benzene rings is 1. The number of Topliss-reactive ketones (excluding diaryl/α,β-unsaturated/α-hetero) is 1. The highest BCUT2D eigenvalue weighted by Gasteiger charge is 2.29. The van der Waals surface area contributed by atoms with E-state index < -0.39 is 22.6 Å². The molecule has 1 heterocycles. The van der Waals surface area contributed by atoms with Gasteiger partial charge in [-0.3, -0.25) is 25.0 Å². The summed E-state index contributed by atoms with van der Waals surface area (Å²) in [4.78, 5) is 46.9. The van der Waals surface area contributed by atoms with Crippen LogP contribution >= 0.6 is 0 Å². The van der Waals surface area contributed by atoms with E-state index in [1.165, 1.54) is 39.0 Å². The zero-order chi connectivity index (χ0) is 20.3. The number of nitro groups is 1. The van der Waals surface area contributed by atoms with Crippen molar-refractivity contribution in [2.24, 2.45) is 0 Å². The van der Waals surface area contributed by atoms with Gasteiger partial charge in [-0.2, -0.15) is 0 Å². The predicted octanol–water partition coefficient (Wildman–Crippen LogP) is 3.44. The number of nitrogens with zero attached hydrogens (tertiary/aromatic N) is 1. The predicted molar refractivity (Wildman–Crippen MR) is 95.2 cm³/mol. The third-order valence-electron chi connectivity index (χ3n) is 3.80. The third kappa shape index (κ3) is 4.02. The van der Waals surface area contributed by atoms with Crippen molar-refractivity contribution in [1.29, 1.82) is 0 Å². The number of nitrogens with one attached hydrogen (secondary N) is 1. The largest absolute Gasteiger partial charge is 0.462 e. The van der Waals surface area contributed by atoms with Crippen LogP contribution in [-0.4, -0.2) is 29.2 Å². The van der Waals surface area contributed by atoms with Gasteiger partial charge in [0.2, 0.25) is 5.88 Å². The highest BCUT2D eigenvalue weighted by atomic mass is 16.6. The second-order valence-corrected chi connectivity index (χ2v) is 5.73. The van der Waals surface area contributed by atoms with E-state index >= 15 is 0 Å². The van der Waals surface area contributed by atoms with Crippen molar-refractivity contribution in [2.45, 2.75) is 27.7 Å². The molecule has 0 saturated heterocycles. The van der Waals surface area contributed by atoms with Crippen LogP contribution in [0.2, 0.25) is 0 Å². The summed E-state index contributed by atoms with van der Waals surface area (Å²) in [5.74, 6) is -1.90. The number of esters is 1. The summed E-state index contributed by atoms with van der Waals surface area (Å²) in [6, 6.07) is 3.84. The molecule has 9 nitrogen and oxygen atoms in total. The van der Waals surface area contributed by atoms with Crippen LogP contribution < -0.4 is 5.32 Å². The van der Waals surface area contributed by atoms with E-state index in [1.807, 2.05) is 0 Å². The van der Waals surface area contributed by atoms with Crippen LogP contribution in [0.1, 0.15) is 56.2 Å². The molecule has 0 aliphatic carbocycles. The number of ketones is 1. The van der Waals surface area contributed by atoms with Gasteiger partial charge in [0.15, 0.2) is 5.78 Å². The van der Waals surface area contributed by atoms with Gasteiger partial charge >= 0.3 is 5.97 Å². The maximum atomic E-state index is 12.5. The van der Waals surface area contributed by atoms with Crippen molar-refractivity contribution in [1.82, 2.24) is 0 Å². The van der Waals surface area contributed by atoms with E-state index in [0.29, 0.717) is 5.56 Å². The van der Waals surface area contributed by atoms with Gasteiger partial charge in [-0.1, -0.05) is 0 Å². The molecule has 1 N–H and O–H groups in total. The number of ether oxygens (including phenoxy) is 1. The highest BCUT2D eigenvalue weighted by Crippen LogP contribution is 2.29. The van der Waals surface area contributed by atoms with E-state index in [4.69, 9.17) is 9.15 Å². The van der Waals surface area contributed by atoms with Crippen LogP contribution in [0.5, 0.6) is 0 Å². The number of furan rings is 1. The van der Waals surface area contributed by atoms with Crippen LogP contribution in [0, 0.1) is 24.0 Å². The van der Waals surface area contributed by atoms with E-state index in [2.05, 4.69) is 5.32 Å². The zero-order valence-corrected chi connectivity index (χ0v) is 15.2. The molecule has 2 rings (SSSR count). The Morgan fingerprint density at radius 1 is 1.22 bits per heavy atom. The summed E-state index contributed by atoms with van der Waals surface area (Å²) < 4.78 is 10.3. The lowest BCUT2D eigenvalue weighted by Gasteiger charge is -2.07. The first-order valence-electron chi connectivity index (χ1n) is 8.05. The molecule has 27 heavy (non-hydrogen) atoms. The average Bonchev–Trinajstić information content (AvgIpc) is 2.90. The second-order valence-electron chi connectivity index (χ2n) is 5.73. The molecular formula is C18H18N2O7. The van der Waals surface area contributed by atoms with Crippen LogP contribution in [-0.2, 0) is 4.74 Å². The van der Waals surface area contributed by atoms with Crippen molar-refractivity contribution in [3.05, 3.63) is 56.3 Å². The van der Waals surface area contributed by atoms with Crippen molar-refractivity contribution in [3.63, 3.8) is 0 Å². The Hall–Kier alpha value is -3.49. The van der Waals surface area contributed by atoms with Gasteiger partial charge in [-0.05, 0) is 39.8 Å². The number of amides is 1. The van der Waals surface area contributed by atoms with Gasteiger partial charge in [-0.25, -0.2) is 4.79 Å². The molecule has 0 unspecified atom stereocenters. The number of hydrogen-bond acceptors (Lipinski definition) is 7. The maximum Gasteiger partial charge on any atom is 0.344 e. The molecule has 0 aliphatic heterocycles. The van der Waals surface area contributed by atoms with Crippen LogP contribution in [0.4, 0.5) is 11.6 Å². The van der Waals surface area contributed by atoms with Gasteiger partial charge in [-0.15, -0.1) is 0 Å². The Morgan fingerprint density at radius 2 is 1.89 bits per heavy atom. The summed E-state index contributed by atoms with van der Waals surface area (Å²) in [5, 5.41) is 13.3. The summed E-state index contributed by atoms with van der Waals surface area (Å²) in [6.45, 7) is 5.95. The Labute approximate surface area is 154 Å². The number of rotatable bonds is 6. The molecule has 0 atom stereocenters. The minimum absolute atomic E-state index is 0.0311. The minimum atomic E-state index is -0.797. The third-order valence-corrected chi connectivity index (χ3v) is 3.80. The molecule has 0 fully saturated rings. The van der Waals surface area contributed by atoms with E-state index in [1.54, 1.807) is 6.92 Å². The molecule has 1 aromatic heterocycles. The monoisotopic (exact) mass is 374 g/mol. The van der Waals surface area contributed by atoms with E-state index in [0.717, 1.165) is 0 Å². The Kier molecular flexibility index (Phi) is 5.74. The molecular weight excluding hydrogens is 356 g/mol. The summed E-state index contributed by atoms with van der Waals surface area (Å²) in [6.07, 6.45) is 0. The minimum Gasteiger partial charge on any atom is -0.462 e. The summed E-state index contributed by atoms with van der Waals surface area (Å²) >= 11 is 0. The fourth-order valence-electron chi connectivity index (χ4n) is 2.63. The average molecular weight is 374 g/mol. The Bertz CT molecular complexity index is 943. The van der Waals surface area contributed by atoms with Gasteiger partial charge in [0.05, 0.1) is 17.1 Å². The second kappa shape index (κ2) is 7.81. The first kappa shape index (κ1) is 19.8. The van der Waals surface area contributed by atoms with Crippen LogP contribution in [0.15, 0.2) is 22.6 Å². The molecule has 0 aliphatic rings. The van der Waals surface area contributed by atoms with E-state index in [9.17, 15) is 24.5 Å².